The third kappa shape index (κ3) is 27.7. The molecule has 0 aliphatic carbocycles. The largest absolute Gasteiger partial charge is 0.311 e. The fourth-order valence-electron chi connectivity index (χ4n) is 17.3. The SMILES string of the molecule is CCCCc1ccc(N(c2ccc(C(C)(C)C)cc2)c2ccc(C(C)(C)C)cc2)cc1.CCCc1ccc(N(c2ccc(C(C)(C)C)cc2)c2ccc(C(C)(C)C)cc2)cc1.CCc1ccc(-c2ccc(N(c3ccc(-c4ccc(C(C)(C)C)cc4)cc3)c3ccc(-c4ccc(C(C)(C)C)cc4)cc3)cc2)cc1.CCc1ccc(N(c2ccc(C(C)(C)C)cc2)c2ccc(C(C)(C)C)cc2)cc1. The van der Waals surface area contributed by atoms with Crippen LogP contribution >= 0.6 is 0 Å². The fraction of sp³-hybridized carbons (Fsp3) is 0.323. The van der Waals surface area contributed by atoms with E-state index in [1.165, 1.54) is 171 Å². The highest BCUT2D eigenvalue weighted by atomic mass is 15.2. The Morgan fingerprint density at radius 3 is 0.416 bits per heavy atom. The second-order valence-electron chi connectivity index (χ2n) is 45.7. The molecule has 0 aromatic heterocycles. The van der Waals surface area contributed by atoms with E-state index in [4.69, 9.17) is 0 Å². The van der Waals surface area contributed by atoms with Crippen LogP contribution in [0.25, 0.3) is 33.4 Å². The molecule has 0 aliphatic rings. The van der Waals surface area contributed by atoms with Crippen molar-refractivity contribution in [2.24, 2.45) is 0 Å². The van der Waals surface area contributed by atoms with Gasteiger partial charge in [0.1, 0.15) is 0 Å². The van der Waals surface area contributed by atoms with E-state index in [-0.39, 0.29) is 43.3 Å². The second kappa shape index (κ2) is 44.3. The maximum atomic E-state index is 2.36. The van der Waals surface area contributed by atoms with Crippen molar-refractivity contribution >= 4 is 68.2 Å². The third-order valence-electron chi connectivity index (χ3n) is 26.5. The maximum Gasteiger partial charge on any atom is 0.0462 e. The Morgan fingerprint density at radius 2 is 0.263 bits per heavy atom. The van der Waals surface area contributed by atoms with Crippen LogP contribution in [0.15, 0.2) is 364 Å². The average molecular weight is 1810 g/mol. The molecule has 0 bridgehead atoms. The topological polar surface area (TPSA) is 13.0 Å². The summed E-state index contributed by atoms with van der Waals surface area (Å²) in [5.74, 6) is 0. The molecule has 0 saturated carbocycles. The molecule has 0 amide bonds. The van der Waals surface area contributed by atoms with Crippen molar-refractivity contribution in [2.75, 3.05) is 19.6 Å². The van der Waals surface area contributed by atoms with E-state index in [0.717, 1.165) is 42.7 Å². The lowest BCUT2D eigenvalue weighted by Crippen LogP contribution is -2.14. The van der Waals surface area contributed by atoms with E-state index < -0.39 is 0 Å². The van der Waals surface area contributed by atoms with Gasteiger partial charge in [-0.05, 0) is 321 Å². The molecular formula is C133H158N4. The van der Waals surface area contributed by atoms with Gasteiger partial charge < -0.3 is 19.6 Å². The molecule has 710 valence electrons. The first kappa shape index (κ1) is 103. The first-order valence-electron chi connectivity index (χ1n) is 50.5. The Kier molecular flexibility index (Phi) is 33.5. The number of hydrogen-bond donors (Lipinski definition) is 0. The Balaban J connectivity index is 0.000000168. The van der Waals surface area contributed by atoms with Gasteiger partial charge in [0.05, 0.1) is 0 Å². The summed E-state index contributed by atoms with van der Waals surface area (Å²) in [6.07, 6.45) is 8.03. The van der Waals surface area contributed by atoms with E-state index in [1.54, 1.807) is 0 Å². The molecule has 137 heavy (non-hydrogen) atoms. The lowest BCUT2D eigenvalue weighted by molar-refractivity contribution is 0.590. The molecule has 0 radical (unpaired) electrons. The summed E-state index contributed by atoms with van der Waals surface area (Å²) >= 11 is 0. The Hall–Kier alpha value is -12.5. The summed E-state index contributed by atoms with van der Waals surface area (Å²) < 4.78 is 0. The minimum atomic E-state index is 0.142. The van der Waals surface area contributed by atoms with Gasteiger partial charge in [-0.1, -0.05) is 425 Å². The zero-order chi connectivity index (χ0) is 99.0. The van der Waals surface area contributed by atoms with Gasteiger partial charge in [-0.2, -0.15) is 0 Å². The Labute approximate surface area is 828 Å². The second-order valence-corrected chi connectivity index (χ2v) is 45.7. The highest BCUT2D eigenvalue weighted by Gasteiger charge is 2.26. The van der Waals surface area contributed by atoms with Crippen LogP contribution in [0.4, 0.5) is 68.2 Å². The molecule has 4 heteroatoms. The number of rotatable bonds is 22. The van der Waals surface area contributed by atoms with Crippen molar-refractivity contribution in [1.82, 2.24) is 0 Å². The lowest BCUT2D eigenvalue weighted by atomic mass is 9.86. The molecule has 0 heterocycles. The van der Waals surface area contributed by atoms with Gasteiger partial charge in [0, 0.05) is 68.2 Å². The molecule has 0 atom stereocenters. The van der Waals surface area contributed by atoms with Crippen molar-refractivity contribution in [3.05, 3.63) is 431 Å². The Morgan fingerprint density at radius 1 is 0.139 bits per heavy atom. The number of benzene rings is 15. The lowest BCUT2D eigenvalue weighted by Gasteiger charge is -2.28. The van der Waals surface area contributed by atoms with E-state index in [0.29, 0.717) is 0 Å². The normalized spacial score (nSPS) is 12.0. The maximum absolute atomic E-state index is 2.36. The quantitative estimate of drug-likeness (QED) is 0.0670. The van der Waals surface area contributed by atoms with Gasteiger partial charge in [-0.25, -0.2) is 0 Å². The summed E-state index contributed by atoms with van der Waals surface area (Å²) in [4.78, 5) is 9.42. The molecular weight excluding hydrogens is 1650 g/mol. The molecule has 0 aliphatic heterocycles. The van der Waals surface area contributed by atoms with E-state index in [1.807, 2.05) is 0 Å². The smallest absolute Gasteiger partial charge is 0.0462 e. The molecule has 0 spiro atoms. The van der Waals surface area contributed by atoms with E-state index in [2.05, 4.69) is 577 Å². The number of hydrogen-bond acceptors (Lipinski definition) is 4. The molecule has 0 unspecified atom stereocenters. The summed E-state index contributed by atoms with van der Waals surface area (Å²) in [6, 6.07) is 135. The summed E-state index contributed by atoms with van der Waals surface area (Å²) in [5.41, 5.74) is 39.0. The minimum absolute atomic E-state index is 0.142. The zero-order valence-electron chi connectivity index (χ0n) is 88.4. The molecule has 15 aromatic carbocycles. The van der Waals surface area contributed by atoms with Crippen LogP contribution in [0.5, 0.6) is 0 Å². The molecule has 15 aromatic rings. The first-order valence-corrected chi connectivity index (χ1v) is 50.5. The van der Waals surface area contributed by atoms with Gasteiger partial charge in [0.15, 0.2) is 0 Å². The molecule has 0 fully saturated rings. The van der Waals surface area contributed by atoms with Crippen molar-refractivity contribution in [1.29, 1.82) is 0 Å². The van der Waals surface area contributed by atoms with Crippen LogP contribution in [0.3, 0.4) is 0 Å². The van der Waals surface area contributed by atoms with Gasteiger partial charge in [0.2, 0.25) is 0 Å². The summed E-state index contributed by atoms with van der Waals surface area (Å²) in [6.45, 7) is 63.1. The molecule has 4 nitrogen and oxygen atoms in total. The van der Waals surface area contributed by atoms with E-state index >= 15 is 0 Å². The van der Waals surface area contributed by atoms with Crippen molar-refractivity contribution in [3.63, 3.8) is 0 Å². The van der Waals surface area contributed by atoms with E-state index in [9.17, 15) is 0 Å². The number of nitrogens with zero attached hydrogens (tertiary/aromatic N) is 4. The number of anilines is 12. The van der Waals surface area contributed by atoms with Crippen molar-refractivity contribution < 1.29 is 0 Å². The average Bonchev–Trinajstić information content (AvgIpc) is 0.789. The fourth-order valence-corrected chi connectivity index (χ4v) is 17.3. The molecule has 15 rings (SSSR count). The third-order valence-corrected chi connectivity index (χ3v) is 26.5. The van der Waals surface area contributed by atoms with Crippen LogP contribution in [0, 0.1) is 0 Å². The van der Waals surface area contributed by atoms with Crippen LogP contribution in [-0.4, -0.2) is 0 Å². The van der Waals surface area contributed by atoms with Gasteiger partial charge in [-0.3, -0.25) is 0 Å². The Bertz CT molecular complexity index is 5960. The van der Waals surface area contributed by atoms with Crippen molar-refractivity contribution in [2.45, 2.75) is 282 Å². The minimum Gasteiger partial charge on any atom is -0.311 e. The predicted octanol–water partition coefficient (Wildman–Crippen LogP) is 39.4. The summed E-state index contributed by atoms with van der Waals surface area (Å²) in [5, 5.41) is 0. The zero-order valence-corrected chi connectivity index (χ0v) is 88.4. The molecule has 0 N–H and O–H groups in total. The number of aryl methyl sites for hydroxylation is 4. The highest BCUT2D eigenvalue weighted by molar-refractivity contribution is 5.84. The van der Waals surface area contributed by atoms with Crippen LogP contribution in [0.1, 0.15) is 280 Å². The van der Waals surface area contributed by atoms with Gasteiger partial charge in [0.25, 0.3) is 0 Å². The molecule has 0 saturated heterocycles. The van der Waals surface area contributed by atoms with Crippen LogP contribution < -0.4 is 19.6 Å². The first-order chi connectivity index (χ1) is 64.8. The summed E-state index contributed by atoms with van der Waals surface area (Å²) in [7, 11) is 0. The van der Waals surface area contributed by atoms with Crippen LogP contribution in [0.2, 0.25) is 0 Å². The highest BCUT2D eigenvalue weighted by Crippen LogP contribution is 2.45. The number of unbranched alkanes of at least 4 members (excludes halogenated alkanes) is 1. The van der Waals surface area contributed by atoms with Gasteiger partial charge >= 0.3 is 0 Å². The van der Waals surface area contributed by atoms with Gasteiger partial charge in [-0.15, -0.1) is 0 Å². The standard InChI is InChI=1S/C46H47N.C30H39N.C29H37N.C28H35N/c1-8-33-9-11-34(12-10-33)37-17-27-42(28-18-37)47(43-29-19-38(20-30-43)35-13-23-40(24-14-35)45(2,3)4)44-31-21-39(22-32-44)36-15-25-41(26-16-36)46(5,6)7;1-8-9-10-23-11-17-26(18-12-23)31(27-19-13-24(14-20-27)29(2,3)4)28-21-15-25(16-22-28)30(5,6)7;1-8-9-22-10-16-25(17-11-22)30(26-18-12-23(13-19-26)28(2,3)4)27-20-14-24(15-21-27)29(5,6)7;1-8-21-9-15-24(16-10-21)29(25-17-11-22(12-18-25)27(2,3)4)26-19-13-23(14-20-26)28(5,6)7/h9-32H,8H2,1-7H3;11-22H,8-10H2,1-7H3;10-21H,8-9H2,1-7H3;9-20H,8H2,1-7H3. The van der Waals surface area contributed by atoms with Crippen LogP contribution in [-0.2, 0) is 69.0 Å². The predicted molar refractivity (Wildman–Crippen MR) is 602 cm³/mol. The van der Waals surface area contributed by atoms with Crippen molar-refractivity contribution in [3.8, 4) is 33.4 Å². The monoisotopic (exact) mass is 1810 g/mol.